The van der Waals surface area contributed by atoms with Crippen LogP contribution in [-0.4, -0.2) is 62.5 Å². The molecule has 0 amide bonds. The maximum absolute atomic E-state index is 12.3. The molecule has 1 aromatic heterocycles. The highest BCUT2D eigenvalue weighted by molar-refractivity contribution is 7.94. The van der Waals surface area contributed by atoms with Crippen molar-refractivity contribution in [3.05, 3.63) is 95.7 Å². The van der Waals surface area contributed by atoms with Crippen LogP contribution in [0.5, 0.6) is 11.8 Å². The van der Waals surface area contributed by atoms with E-state index in [1.54, 1.807) is 12.1 Å². The first-order valence-corrected chi connectivity index (χ1v) is 19.0. The molecule has 3 heterocycles. The lowest BCUT2D eigenvalue weighted by molar-refractivity contribution is -0.438. The predicted molar refractivity (Wildman–Crippen MR) is 196 cm³/mol. The third-order valence-corrected chi connectivity index (χ3v) is 10.9. The maximum atomic E-state index is 12.3. The summed E-state index contributed by atoms with van der Waals surface area (Å²) in [6.45, 7) is 11.7. The van der Waals surface area contributed by atoms with E-state index in [1.807, 2.05) is 63.3 Å². The van der Waals surface area contributed by atoms with Crippen molar-refractivity contribution in [3.8, 4) is 11.8 Å². The number of aromatic nitrogens is 1. The van der Waals surface area contributed by atoms with Crippen LogP contribution < -0.4 is 9.74 Å². The lowest BCUT2D eigenvalue weighted by atomic mass is 9.81. The molecule has 0 atom stereocenters. The van der Waals surface area contributed by atoms with Gasteiger partial charge < -0.3 is 20.0 Å². The zero-order valence-corrected chi connectivity index (χ0v) is 31.3. The van der Waals surface area contributed by atoms with Gasteiger partial charge in [-0.05, 0) is 75.6 Å². The number of benzene rings is 2. The van der Waals surface area contributed by atoms with Crippen molar-refractivity contribution >= 4 is 45.2 Å². The summed E-state index contributed by atoms with van der Waals surface area (Å²) in [5.41, 5.74) is 4.94. The lowest BCUT2D eigenvalue weighted by Crippen LogP contribution is -2.28. The van der Waals surface area contributed by atoms with E-state index in [0.717, 1.165) is 63.7 Å². The first-order valence-electron chi connectivity index (χ1n) is 16.8. The Morgan fingerprint density at radius 2 is 1.65 bits per heavy atom. The Morgan fingerprint density at radius 1 is 0.923 bits per heavy atom. The van der Waals surface area contributed by atoms with Crippen LogP contribution in [0.25, 0.3) is 0 Å². The first kappa shape index (κ1) is 38.8. The highest BCUT2D eigenvalue weighted by Crippen LogP contribution is 2.48. The van der Waals surface area contributed by atoms with Gasteiger partial charge >= 0.3 is 5.97 Å². The van der Waals surface area contributed by atoms with Gasteiger partial charge in [-0.25, -0.2) is 10.1 Å². The van der Waals surface area contributed by atoms with Gasteiger partial charge in [0.05, 0.1) is 22.4 Å². The smallest absolute Gasteiger partial charge is 0.333 e. The molecule has 278 valence electrons. The highest BCUT2D eigenvalue weighted by atomic mass is 32.2. The monoisotopic (exact) mass is 754 g/mol. The largest absolute Gasteiger partial charge is 0.492 e. The molecule has 3 aromatic rings. The molecule has 13 nitrogen and oxygen atoms in total. The van der Waals surface area contributed by atoms with Gasteiger partial charge in [-0.2, -0.15) is 13.0 Å². The summed E-state index contributed by atoms with van der Waals surface area (Å²) in [4.78, 5) is 20.1. The van der Waals surface area contributed by atoms with Gasteiger partial charge in [0.1, 0.15) is 6.54 Å². The molecule has 0 saturated heterocycles. The van der Waals surface area contributed by atoms with Crippen LogP contribution in [0, 0.1) is 0 Å². The number of rotatable bonds is 15. The Hall–Kier alpha value is -4.38. The van der Waals surface area contributed by atoms with E-state index >= 15 is 0 Å². The molecule has 15 heteroatoms. The molecule has 52 heavy (non-hydrogen) atoms. The topological polar surface area (TPSA) is 171 Å². The molecule has 2 aliphatic heterocycles. The van der Waals surface area contributed by atoms with E-state index in [0.29, 0.717) is 24.2 Å². The predicted octanol–water partition coefficient (Wildman–Crippen LogP) is 6.98. The minimum atomic E-state index is -4.34. The van der Waals surface area contributed by atoms with Crippen LogP contribution >= 0.6 is 12.0 Å². The van der Waals surface area contributed by atoms with E-state index in [2.05, 4.69) is 38.8 Å². The Labute approximate surface area is 307 Å². The van der Waals surface area contributed by atoms with E-state index in [9.17, 15) is 28.0 Å². The van der Waals surface area contributed by atoms with E-state index in [-0.39, 0.29) is 23.1 Å². The van der Waals surface area contributed by atoms with Crippen LogP contribution in [0.3, 0.4) is 0 Å². The van der Waals surface area contributed by atoms with Crippen LogP contribution in [0.4, 0.5) is 11.4 Å². The third-order valence-electron chi connectivity index (χ3n) is 9.49. The summed E-state index contributed by atoms with van der Waals surface area (Å²) in [7, 11) is -4.34. The summed E-state index contributed by atoms with van der Waals surface area (Å²) in [5.74, 6) is -1.30. The maximum Gasteiger partial charge on any atom is 0.333 e. The zero-order valence-electron chi connectivity index (χ0n) is 29.6. The number of unbranched alkanes of at least 4 members (excludes halogenated alkanes) is 2. The lowest BCUT2D eigenvalue weighted by Gasteiger charge is -2.25. The number of aromatic hydroxyl groups is 2. The normalized spacial score (nSPS) is 17.1. The number of carbonyl (C=O) groups is 1. The van der Waals surface area contributed by atoms with Crippen molar-refractivity contribution in [2.45, 2.75) is 80.9 Å². The number of hydrogen-bond donors (Lipinski definition) is 4. The van der Waals surface area contributed by atoms with E-state index < -0.39 is 26.9 Å². The third kappa shape index (κ3) is 7.99. The Kier molecular flexibility index (Phi) is 11.7. The Bertz CT molecular complexity index is 2040. The molecule has 0 bridgehead atoms. The fourth-order valence-electron chi connectivity index (χ4n) is 6.87. The average Bonchev–Trinajstić information content (AvgIpc) is 3.61. The van der Waals surface area contributed by atoms with Crippen molar-refractivity contribution in [1.29, 1.82) is 0 Å². The summed E-state index contributed by atoms with van der Waals surface area (Å²) in [6.07, 6.45) is 12.1. The Morgan fingerprint density at radius 3 is 2.33 bits per heavy atom. The highest BCUT2D eigenvalue weighted by Gasteiger charge is 2.44. The molecular weight excluding hydrogens is 711 g/mol. The standard InChI is InChI=1S/C37H43N3O10S2/c1-6-38-29-19-17-26(52(45,46)47)24-28(29)37(4,5)31(38)13-9-7-10-14-32-36(2,3)27-23-25(51-50-49-44)16-18-30(27)39(32)22-12-8-11-15-35(43)48-40-33(41)20-21-34(40)42/h7,9-10,13-14,16-21,23-24H,6,8,11-12,15,22H2,1-5H3,(H3-,41,42,44,45,46,47)/p+1. The first-order chi connectivity index (χ1) is 24.6. The van der Waals surface area contributed by atoms with Crippen LogP contribution in [0.1, 0.15) is 71.4 Å². The van der Waals surface area contributed by atoms with Gasteiger partial charge in [0.15, 0.2) is 5.71 Å². The second-order valence-electron chi connectivity index (χ2n) is 13.5. The van der Waals surface area contributed by atoms with Crippen molar-refractivity contribution in [2.24, 2.45) is 0 Å². The fourth-order valence-corrected chi connectivity index (χ4v) is 7.78. The molecule has 0 fully saturated rings. The number of nitrogens with zero attached hydrogens (tertiary/aromatic N) is 3. The van der Waals surface area contributed by atoms with Crippen molar-refractivity contribution in [3.63, 3.8) is 0 Å². The fraction of sp³-hybridized carbons (Fsp3) is 0.351. The quantitative estimate of drug-likeness (QED) is 0.0239. The SMILES string of the molecule is CCN1C(=CC=CC=CC2=[N+](CCCCCC(=O)On3c(O)ccc3O)c3ccc(SOOO)cc3C2(C)C)C(C)(C)c2cc(S(=O)(=O)O)ccc21. The molecule has 0 saturated carbocycles. The Balaban J connectivity index is 1.34. The molecule has 0 aliphatic carbocycles. The van der Waals surface area contributed by atoms with Gasteiger partial charge in [0, 0.05) is 70.9 Å². The summed E-state index contributed by atoms with van der Waals surface area (Å²) in [6, 6.07) is 13.0. The zero-order chi connectivity index (χ0) is 37.8. The number of hydrogen-bond acceptors (Lipinski definition) is 11. The van der Waals surface area contributed by atoms with Crippen molar-refractivity contribution in [2.75, 3.05) is 18.0 Å². The van der Waals surface area contributed by atoms with Crippen LogP contribution in [0.2, 0.25) is 0 Å². The van der Waals surface area contributed by atoms with Gasteiger partial charge in [0.25, 0.3) is 10.1 Å². The number of allylic oxidation sites excluding steroid dienone is 6. The van der Waals surface area contributed by atoms with Gasteiger partial charge in [-0.1, -0.05) is 37.1 Å². The van der Waals surface area contributed by atoms with Gasteiger partial charge in [0.2, 0.25) is 17.4 Å². The second kappa shape index (κ2) is 15.7. The minimum absolute atomic E-state index is 0.114. The number of anilines is 1. The van der Waals surface area contributed by atoms with Crippen LogP contribution in [0.15, 0.2) is 94.4 Å². The van der Waals surface area contributed by atoms with Crippen molar-refractivity contribution < 1.29 is 52.0 Å². The minimum Gasteiger partial charge on any atom is -0.492 e. The molecular formula is C37H44N3O10S2+. The van der Waals surface area contributed by atoms with E-state index in [1.165, 1.54) is 18.2 Å². The average molecular weight is 755 g/mol. The van der Waals surface area contributed by atoms with Gasteiger partial charge in [-0.15, -0.1) is 9.06 Å². The van der Waals surface area contributed by atoms with Crippen molar-refractivity contribution in [1.82, 2.24) is 4.73 Å². The molecule has 0 radical (unpaired) electrons. The molecule has 0 spiro atoms. The van der Waals surface area contributed by atoms with Crippen LogP contribution in [-0.2, 0) is 35.1 Å². The summed E-state index contributed by atoms with van der Waals surface area (Å²) >= 11 is 0.897. The summed E-state index contributed by atoms with van der Waals surface area (Å²) in [5, 5.41) is 31.9. The van der Waals surface area contributed by atoms with E-state index in [4.69, 9.17) is 10.1 Å². The molecule has 2 aliphatic rings. The summed E-state index contributed by atoms with van der Waals surface area (Å²) < 4.78 is 41.0. The molecule has 4 N–H and O–H groups in total. The molecule has 0 unspecified atom stereocenters. The van der Waals surface area contributed by atoms with Gasteiger partial charge in [-0.3, -0.25) is 4.55 Å². The number of likely N-dealkylation sites (N-methyl/N-ethyl adjacent to an activating group) is 1. The number of fused-ring (bicyclic) bond motifs is 2. The molecule has 5 rings (SSSR count). The number of carbonyl (C=O) groups excluding carboxylic acids is 1. The molecule has 2 aromatic carbocycles. The second-order valence-corrected chi connectivity index (χ2v) is 15.7.